The lowest BCUT2D eigenvalue weighted by Crippen LogP contribution is -2.45. The zero-order chi connectivity index (χ0) is 33.2. The molecular weight excluding hydrogens is 579 g/mol. The summed E-state index contributed by atoms with van der Waals surface area (Å²) in [6.45, 7) is 25.6. The van der Waals surface area contributed by atoms with Crippen molar-refractivity contribution in [3.8, 4) is 0 Å². The van der Waals surface area contributed by atoms with Crippen molar-refractivity contribution >= 4 is 22.5 Å². The van der Waals surface area contributed by atoms with Crippen molar-refractivity contribution in [1.29, 1.82) is 0 Å². The molecule has 1 aliphatic rings. The number of carbonyl (C=O) groups excluding carboxylic acids is 1. The third-order valence-corrected chi connectivity index (χ3v) is 19.2. The number of nitrogens with one attached hydrogen (secondary N) is 1. The minimum atomic E-state index is -2.02. The Kier molecular flexibility index (Phi) is 14.8. The van der Waals surface area contributed by atoms with Gasteiger partial charge in [0.1, 0.15) is 0 Å². The van der Waals surface area contributed by atoms with E-state index in [1.165, 1.54) is 5.56 Å². The summed E-state index contributed by atoms with van der Waals surface area (Å²) in [5, 5.41) is 14.5. The lowest BCUT2D eigenvalue weighted by atomic mass is 9.89. The molecule has 1 saturated carbocycles. The molecule has 1 unspecified atom stereocenters. The van der Waals surface area contributed by atoms with Gasteiger partial charge in [0.25, 0.3) is 0 Å². The normalized spacial score (nSPS) is 22.6. The van der Waals surface area contributed by atoms with Crippen molar-refractivity contribution in [3.63, 3.8) is 0 Å². The van der Waals surface area contributed by atoms with E-state index in [2.05, 4.69) is 128 Å². The number of carbonyl (C=O) groups is 1. The zero-order valence-corrected chi connectivity index (χ0v) is 31.9. The Hall–Kier alpha value is -1.52. The van der Waals surface area contributed by atoms with Crippen LogP contribution in [-0.2, 0) is 20.1 Å². The third-order valence-electron chi connectivity index (χ3n) is 10.2. The summed E-state index contributed by atoms with van der Waals surface area (Å²) in [6, 6.07) is 10.6. The van der Waals surface area contributed by atoms with E-state index in [1.54, 1.807) is 0 Å². The fourth-order valence-corrected chi connectivity index (χ4v) is 8.05. The van der Waals surface area contributed by atoms with Crippen molar-refractivity contribution in [2.45, 2.75) is 148 Å². The van der Waals surface area contributed by atoms with Crippen LogP contribution in [0.5, 0.6) is 0 Å². The highest BCUT2D eigenvalue weighted by Crippen LogP contribution is 2.44. The molecule has 1 aromatic rings. The molecule has 1 amide bonds. The predicted octanol–water partition coefficient (Wildman–Crippen LogP) is 9.21. The minimum absolute atomic E-state index is 0.00545. The molecule has 5 atom stereocenters. The van der Waals surface area contributed by atoms with Gasteiger partial charge >= 0.3 is 0 Å². The molecule has 250 valence electrons. The molecule has 7 heteroatoms. The molecule has 0 aliphatic heterocycles. The fraction of sp³-hybridized carbons (Fsp3) is 0.703. The monoisotopic (exact) mass is 643 g/mol. The van der Waals surface area contributed by atoms with Crippen LogP contribution in [0.25, 0.3) is 0 Å². The molecule has 0 bridgehead atoms. The van der Waals surface area contributed by atoms with Crippen LogP contribution in [0.15, 0.2) is 54.6 Å². The van der Waals surface area contributed by atoms with Gasteiger partial charge in [-0.3, -0.25) is 4.79 Å². The summed E-state index contributed by atoms with van der Waals surface area (Å²) in [6.07, 6.45) is 14.2. The highest BCUT2D eigenvalue weighted by molar-refractivity contribution is 6.74. The SMILES string of the molecule is CCNC(=O)CCCC=CC[C@@H]1[C@@H](C=CC(CCc2ccccc2)O[Si](C)(C)C(C)(C)C)[C@H](O)C[C@@H]1O[Si](C)(C)C(C)(C)C. The van der Waals surface area contributed by atoms with Crippen molar-refractivity contribution in [2.24, 2.45) is 11.8 Å². The van der Waals surface area contributed by atoms with Crippen molar-refractivity contribution in [1.82, 2.24) is 5.32 Å². The predicted molar refractivity (Wildman–Crippen MR) is 192 cm³/mol. The van der Waals surface area contributed by atoms with Gasteiger partial charge in [-0.15, -0.1) is 0 Å². The number of aliphatic hydroxyl groups is 1. The molecule has 5 nitrogen and oxygen atoms in total. The van der Waals surface area contributed by atoms with E-state index in [0.717, 1.165) is 32.1 Å². The van der Waals surface area contributed by atoms with Crippen molar-refractivity contribution < 1.29 is 18.8 Å². The van der Waals surface area contributed by atoms with Gasteiger partial charge in [-0.2, -0.15) is 0 Å². The number of aliphatic hydroxyl groups excluding tert-OH is 1. The summed E-state index contributed by atoms with van der Waals surface area (Å²) in [5.41, 5.74) is 1.32. The summed E-state index contributed by atoms with van der Waals surface area (Å²) in [5.74, 6) is 0.319. The Labute approximate surface area is 272 Å². The van der Waals surface area contributed by atoms with Gasteiger partial charge in [0.05, 0.1) is 18.3 Å². The van der Waals surface area contributed by atoms with E-state index in [-0.39, 0.29) is 40.0 Å². The molecule has 0 heterocycles. The van der Waals surface area contributed by atoms with Gasteiger partial charge in [0.2, 0.25) is 5.91 Å². The maximum Gasteiger partial charge on any atom is 0.219 e. The van der Waals surface area contributed by atoms with Crippen LogP contribution in [0, 0.1) is 11.8 Å². The molecule has 1 aliphatic carbocycles. The van der Waals surface area contributed by atoms with Crippen LogP contribution in [0.2, 0.25) is 36.3 Å². The topological polar surface area (TPSA) is 67.8 Å². The molecule has 1 aromatic carbocycles. The average molecular weight is 644 g/mol. The number of unbranched alkanes of at least 4 members (excludes halogenated alkanes) is 1. The molecule has 0 radical (unpaired) electrons. The van der Waals surface area contributed by atoms with Crippen LogP contribution in [0.3, 0.4) is 0 Å². The Morgan fingerprint density at radius 2 is 1.66 bits per heavy atom. The van der Waals surface area contributed by atoms with E-state index in [0.29, 0.717) is 19.4 Å². The van der Waals surface area contributed by atoms with E-state index >= 15 is 0 Å². The summed E-state index contributed by atoms with van der Waals surface area (Å²) in [7, 11) is -4.03. The molecular formula is C37H65NO4Si2. The Morgan fingerprint density at radius 3 is 2.25 bits per heavy atom. The van der Waals surface area contributed by atoms with Crippen LogP contribution >= 0.6 is 0 Å². The van der Waals surface area contributed by atoms with Crippen molar-refractivity contribution in [3.05, 3.63) is 60.2 Å². The smallest absolute Gasteiger partial charge is 0.219 e. The summed E-state index contributed by atoms with van der Waals surface area (Å²) in [4.78, 5) is 11.8. The minimum Gasteiger partial charge on any atom is -0.414 e. The quantitative estimate of drug-likeness (QED) is 0.107. The molecule has 0 aromatic heterocycles. The number of aryl methyl sites for hydroxylation is 1. The van der Waals surface area contributed by atoms with Gasteiger partial charge in [0, 0.05) is 18.9 Å². The van der Waals surface area contributed by atoms with E-state index in [9.17, 15) is 9.90 Å². The molecule has 0 saturated heterocycles. The second-order valence-corrected chi connectivity index (χ2v) is 25.4. The third kappa shape index (κ3) is 12.0. The average Bonchev–Trinajstić information content (AvgIpc) is 3.19. The Balaban J connectivity index is 2.28. The first-order valence-corrected chi connectivity index (χ1v) is 22.9. The Bertz CT molecular complexity index is 1060. The van der Waals surface area contributed by atoms with Gasteiger partial charge in [-0.25, -0.2) is 0 Å². The molecule has 2 rings (SSSR count). The van der Waals surface area contributed by atoms with Gasteiger partial charge in [0.15, 0.2) is 16.6 Å². The lowest BCUT2D eigenvalue weighted by Gasteiger charge is -2.40. The first kappa shape index (κ1) is 38.7. The standard InChI is InChI=1S/C37H65NO4Si2/c1-12-38-35(40)23-19-14-13-18-22-32-31(33(39)28-34(32)42-44(10,11)37(5,6)7)27-26-30(41-43(8,9)36(2,3)4)25-24-29-20-16-15-17-21-29/h13,15-18,20-21,26-27,30-34,39H,12,14,19,22-25,28H2,1-11H3,(H,38,40)/t30?,31-,32-,33-,34+/m1/s1. The van der Waals surface area contributed by atoms with E-state index in [4.69, 9.17) is 8.85 Å². The van der Waals surface area contributed by atoms with Crippen LogP contribution < -0.4 is 5.32 Å². The summed E-state index contributed by atoms with van der Waals surface area (Å²) < 4.78 is 14.0. The largest absolute Gasteiger partial charge is 0.414 e. The number of rotatable bonds is 16. The second-order valence-electron chi connectivity index (χ2n) is 15.8. The number of amides is 1. The van der Waals surface area contributed by atoms with Crippen LogP contribution in [0.1, 0.15) is 92.6 Å². The van der Waals surface area contributed by atoms with Gasteiger partial charge < -0.3 is 19.3 Å². The number of allylic oxidation sites excluding steroid dienone is 2. The fourth-order valence-electron chi connectivity index (χ4n) is 5.37. The van der Waals surface area contributed by atoms with Crippen LogP contribution in [0.4, 0.5) is 0 Å². The number of benzene rings is 1. The number of hydrogen-bond donors (Lipinski definition) is 2. The second kappa shape index (κ2) is 16.9. The maximum atomic E-state index is 11.8. The van der Waals surface area contributed by atoms with Gasteiger partial charge in [-0.05, 0) is 93.2 Å². The molecule has 2 N–H and O–H groups in total. The van der Waals surface area contributed by atoms with Gasteiger partial charge in [-0.1, -0.05) is 96.2 Å². The molecule has 1 fully saturated rings. The first-order valence-electron chi connectivity index (χ1n) is 17.1. The molecule has 44 heavy (non-hydrogen) atoms. The summed E-state index contributed by atoms with van der Waals surface area (Å²) >= 11 is 0. The maximum absolute atomic E-state index is 11.8. The zero-order valence-electron chi connectivity index (χ0n) is 29.9. The van der Waals surface area contributed by atoms with E-state index in [1.807, 2.05) is 6.92 Å². The van der Waals surface area contributed by atoms with E-state index < -0.39 is 22.7 Å². The Morgan fingerprint density at radius 1 is 1.02 bits per heavy atom. The highest BCUT2D eigenvalue weighted by atomic mass is 28.4. The van der Waals surface area contributed by atoms with Crippen molar-refractivity contribution in [2.75, 3.05) is 6.54 Å². The number of hydrogen-bond acceptors (Lipinski definition) is 4. The lowest BCUT2D eigenvalue weighted by molar-refractivity contribution is -0.121. The van der Waals surface area contributed by atoms with Crippen LogP contribution in [-0.4, -0.2) is 52.5 Å². The highest BCUT2D eigenvalue weighted by Gasteiger charge is 2.47. The first-order chi connectivity index (χ1) is 20.4. The molecule has 0 spiro atoms.